The Kier molecular flexibility index (Phi) is 21.2. The van der Waals surface area contributed by atoms with Crippen molar-refractivity contribution in [3.8, 4) is 0 Å². The van der Waals surface area contributed by atoms with Crippen LogP contribution in [-0.2, 0) is 52.1 Å². The number of carbonyl (C=O) groups is 2. The second-order valence-electron chi connectivity index (χ2n) is 14.1. The second-order valence-corrected chi connectivity index (χ2v) is 18.5. The number of halogens is 3. The van der Waals surface area contributed by atoms with Gasteiger partial charge >= 0.3 is 11.9 Å². The van der Waals surface area contributed by atoms with E-state index in [4.69, 9.17) is 21.1 Å². The van der Waals surface area contributed by atoms with Gasteiger partial charge in [0.15, 0.2) is 0 Å². The van der Waals surface area contributed by atoms with Crippen LogP contribution in [0.4, 0.5) is 20.2 Å². The smallest absolute Gasteiger partial charge is 0.337 e. The van der Waals surface area contributed by atoms with E-state index in [-0.39, 0.29) is 59.1 Å². The van der Waals surface area contributed by atoms with Crippen molar-refractivity contribution in [3.63, 3.8) is 0 Å². The topological polar surface area (TPSA) is 161 Å². The number of para-hydroxylation sites is 2. The first kappa shape index (κ1) is 50.9. The highest BCUT2D eigenvalue weighted by Crippen LogP contribution is 2.25. The van der Waals surface area contributed by atoms with Crippen LogP contribution < -0.4 is 13.9 Å². The summed E-state index contributed by atoms with van der Waals surface area (Å²) < 4.78 is 103. The molecule has 0 aliphatic carbocycles. The second kappa shape index (κ2) is 26.2. The van der Waals surface area contributed by atoms with Crippen LogP contribution in [0.3, 0.4) is 0 Å². The van der Waals surface area contributed by atoms with E-state index in [1.807, 2.05) is 0 Å². The Morgan fingerprint density at radius 2 is 1.10 bits per heavy atom. The molecule has 2 aliphatic rings. The summed E-state index contributed by atoms with van der Waals surface area (Å²) in [4.78, 5) is 25.3. The number of hydrogen-bond acceptors (Lipinski definition) is 12. The highest BCUT2D eigenvalue weighted by molar-refractivity contribution is 7.93. The largest absolute Gasteiger partial charge is 0.465 e. The standard InChI is InChI=1S/C22H27FN2O5S.C18H19ClFNO4S.C4H9NO/c1-29-22(26)18-8-9-19(21(23)16-18)17-25(20-6-3-2-4-7-20)31(27,28)15-5-10-24-11-13-30-14-12-24;1-25-18(22)14-8-9-15(17(20)12-14)13-21(16-6-3-2-4-7-16)26(23,24)11-5-10-19;1-3-6-4-2-5-1/h2-4,6-9,16H,5,10-15,17H2,1H3;2-4,6-9,12H,5,10-11,13H2,1H3;5H,1-4H2. The summed E-state index contributed by atoms with van der Waals surface area (Å²) in [6.45, 7) is 7.03. The van der Waals surface area contributed by atoms with Gasteiger partial charge in [0.2, 0.25) is 20.0 Å². The van der Waals surface area contributed by atoms with Gasteiger partial charge in [-0.15, -0.1) is 11.6 Å². The normalized spacial score (nSPS) is 14.2. The summed E-state index contributed by atoms with van der Waals surface area (Å²) in [5.74, 6) is -2.64. The maximum Gasteiger partial charge on any atom is 0.337 e. The van der Waals surface area contributed by atoms with Gasteiger partial charge in [-0.1, -0.05) is 48.5 Å². The molecule has 0 atom stereocenters. The van der Waals surface area contributed by atoms with Gasteiger partial charge in [-0.2, -0.15) is 0 Å². The summed E-state index contributed by atoms with van der Waals surface area (Å²) in [6, 6.07) is 24.8. The number of hydrogen-bond donors (Lipinski definition) is 1. The summed E-state index contributed by atoms with van der Waals surface area (Å²) in [5, 5.41) is 3.16. The lowest BCUT2D eigenvalue weighted by Gasteiger charge is -2.28. The van der Waals surface area contributed by atoms with Crippen molar-refractivity contribution < 1.29 is 54.2 Å². The molecule has 0 aromatic heterocycles. The third kappa shape index (κ3) is 16.4. The molecular formula is C44H55ClF2N4O10S2. The number of methoxy groups -OCH3 is 2. The number of benzene rings is 4. The summed E-state index contributed by atoms with van der Waals surface area (Å²) in [6.07, 6.45) is 0.756. The number of esters is 2. The molecule has 0 amide bonds. The molecular weight excluding hydrogens is 882 g/mol. The van der Waals surface area contributed by atoms with Crippen LogP contribution >= 0.6 is 11.6 Å². The molecule has 4 aromatic rings. The molecule has 2 fully saturated rings. The van der Waals surface area contributed by atoms with Crippen LogP contribution in [0, 0.1) is 11.6 Å². The number of rotatable bonds is 17. The fraction of sp³-hybridized carbons (Fsp3) is 0.409. The fourth-order valence-electron chi connectivity index (χ4n) is 6.31. The number of morpholine rings is 2. The Balaban J connectivity index is 0.000000246. The molecule has 0 unspecified atom stereocenters. The number of sulfonamides is 2. The maximum absolute atomic E-state index is 14.7. The van der Waals surface area contributed by atoms with E-state index < -0.39 is 43.6 Å². The van der Waals surface area contributed by atoms with Gasteiger partial charge < -0.3 is 24.3 Å². The Morgan fingerprint density at radius 3 is 1.46 bits per heavy atom. The van der Waals surface area contributed by atoms with E-state index in [2.05, 4.69) is 19.7 Å². The average Bonchev–Trinajstić information content (AvgIpc) is 3.31. The monoisotopic (exact) mass is 936 g/mol. The quantitative estimate of drug-likeness (QED) is 0.0995. The van der Waals surface area contributed by atoms with Gasteiger partial charge in [-0.25, -0.2) is 35.2 Å². The molecule has 63 heavy (non-hydrogen) atoms. The summed E-state index contributed by atoms with van der Waals surface area (Å²) in [5.41, 5.74) is 1.35. The fourth-order valence-corrected chi connectivity index (χ4v) is 9.60. The molecule has 2 heterocycles. The van der Waals surface area contributed by atoms with Crippen LogP contribution in [0.2, 0.25) is 0 Å². The SMILES string of the molecule is C1COCCN1.COC(=O)c1ccc(CN(c2ccccc2)S(=O)(=O)CCCCl)c(F)c1.COC(=O)c1ccc(CN(c2ccccc2)S(=O)(=O)CCCN2CCOCC2)c(F)c1. The number of ether oxygens (including phenoxy) is 4. The highest BCUT2D eigenvalue weighted by Gasteiger charge is 2.26. The van der Waals surface area contributed by atoms with Crippen molar-refractivity contribution >= 4 is 55.0 Å². The molecule has 4 aromatic carbocycles. The predicted octanol–water partition coefficient (Wildman–Crippen LogP) is 5.85. The van der Waals surface area contributed by atoms with Gasteiger partial charge in [0.05, 0.1) is 87.7 Å². The number of carbonyl (C=O) groups excluding carboxylic acids is 2. The van der Waals surface area contributed by atoms with Crippen LogP contribution in [0.25, 0.3) is 0 Å². The zero-order valence-corrected chi connectivity index (χ0v) is 37.8. The molecule has 0 bridgehead atoms. The minimum atomic E-state index is -3.71. The summed E-state index contributed by atoms with van der Waals surface area (Å²) >= 11 is 5.62. The first-order valence-corrected chi connectivity index (χ1v) is 24.0. The van der Waals surface area contributed by atoms with Gasteiger partial charge in [0.1, 0.15) is 11.6 Å². The molecule has 6 rings (SSSR count). The van der Waals surface area contributed by atoms with Crippen LogP contribution in [-0.4, -0.2) is 124 Å². The molecule has 344 valence electrons. The molecule has 14 nitrogen and oxygen atoms in total. The van der Waals surface area contributed by atoms with Gasteiger partial charge in [-0.05, 0) is 67.9 Å². The molecule has 2 saturated heterocycles. The number of nitrogens with zero attached hydrogens (tertiary/aromatic N) is 3. The van der Waals surface area contributed by atoms with Crippen molar-refractivity contribution in [1.82, 2.24) is 10.2 Å². The van der Waals surface area contributed by atoms with Crippen molar-refractivity contribution in [3.05, 3.63) is 131 Å². The van der Waals surface area contributed by atoms with Gasteiger partial charge in [0.25, 0.3) is 0 Å². The van der Waals surface area contributed by atoms with E-state index in [0.29, 0.717) is 37.6 Å². The lowest BCUT2D eigenvalue weighted by atomic mass is 10.1. The Labute approximate surface area is 374 Å². The van der Waals surface area contributed by atoms with E-state index >= 15 is 0 Å². The van der Waals surface area contributed by atoms with Crippen molar-refractivity contribution in [2.24, 2.45) is 0 Å². The number of anilines is 2. The van der Waals surface area contributed by atoms with E-state index in [1.165, 1.54) is 42.8 Å². The Bertz CT molecular complexity index is 2240. The highest BCUT2D eigenvalue weighted by atomic mass is 35.5. The number of alkyl halides is 1. The zero-order valence-electron chi connectivity index (χ0n) is 35.4. The molecule has 2 aliphatic heterocycles. The zero-order chi connectivity index (χ0) is 45.7. The molecule has 0 spiro atoms. The van der Waals surface area contributed by atoms with Crippen LogP contribution in [0.5, 0.6) is 0 Å². The van der Waals surface area contributed by atoms with Gasteiger partial charge in [0, 0.05) is 43.2 Å². The Morgan fingerprint density at radius 1 is 0.667 bits per heavy atom. The first-order valence-electron chi connectivity index (χ1n) is 20.3. The minimum absolute atomic E-state index is 0.0544. The maximum atomic E-state index is 14.7. The third-order valence-electron chi connectivity index (χ3n) is 9.70. The first-order chi connectivity index (χ1) is 30.3. The minimum Gasteiger partial charge on any atom is -0.465 e. The van der Waals surface area contributed by atoms with E-state index in [1.54, 1.807) is 60.7 Å². The predicted molar refractivity (Wildman–Crippen MR) is 239 cm³/mol. The molecule has 19 heteroatoms. The lowest BCUT2D eigenvalue weighted by Crippen LogP contribution is -2.38. The molecule has 0 radical (unpaired) electrons. The van der Waals surface area contributed by atoms with E-state index in [0.717, 1.165) is 55.8 Å². The van der Waals surface area contributed by atoms with Crippen molar-refractivity contribution in [1.29, 1.82) is 0 Å². The van der Waals surface area contributed by atoms with Crippen molar-refractivity contribution in [2.45, 2.75) is 25.9 Å². The van der Waals surface area contributed by atoms with E-state index in [9.17, 15) is 35.2 Å². The third-order valence-corrected chi connectivity index (χ3v) is 13.6. The lowest BCUT2D eigenvalue weighted by molar-refractivity contribution is 0.0381. The van der Waals surface area contributed by atoms with Gasteiger partial charge in [-0.3, -0.25) is 13.5 Å². The molecule has 1 N–H and O–H groups in total. The average molecular weight is 938 g/mol. The van der Waals surface area contributed by atoms with Crippen molar-refractivity contribution in [2.75, 3.05) is 99.4 Å². The Hall–Kier alpha value is -4.69. The number of nitrogens with one attached hydrogen (secondary N) is 1. The van der Waals surface area contributed by atoms with Crippen LogP contribution in [0.1, 0.15) is 44.7 Å². The molecule has 0 saturated carbocycles. The summed E-state index contributed by atoms with van der Waals surface area (Å²) in [7, 11) is -4.98. The van der Waals surface area contributed by atoms with Crippen LogP contribution in [0.15, 0.2) is 97.1 Å².